The second-order valence-electron chi connectivity index (χ2n) is 8.18. The van der Waals surface area contributed by atoms with Crippen LogP contribution in [0.25, 0.3) is 0 Å². The fraction of sp³-hybridized carbons (Fsp3) is 0.522. The Hall–Kier alpha value is -2.07. The molecule has 2 aliphatic heterocycles. The Morgan fingerprint density at radius 1 is 1.30 bits per heavy atom. The van der Waals surface area contributed by atoms with E-state index in [0.717, 1.165) is 55.3 Å². The fourth-order valence-electron chi connectivity index (χ4n) is 4.21. The second kappa shape index (κ2) is 7.89. The predicted octanol–water partition coefficient (Wildman–Crippen LogP) is 3.89. The third kappa shape index (κ3) is 3.96. The Labute approximate surface area is 163 Å². The summed E-state index contributed by atoms with van der Waals surface area (Å²) in [6, 6.07) is 5.13. The van der Waals surface area contributed by atoms with Crippen LogP contribution in [0.1, 0.15) is 52.0 Å². The Balaban J connectivity index is 1.53. The number of hydrogen-bond donors (Lipinski definition) is 1. The molecule has 4 nitrogen and oxygen atoms in total. The van der Waals surface area contributed by atoms with Gasteiger partial charge in [0.2, 0.25) is 0 Å². The quantitative estimate of drug-likeness (QED) is 0.776. The van der Waals surface area contributed by atoms with Gasteiger partial charge in [-0.3, -0.25) is 0 Å². The molecule has 2 heterocycles. The zero-order valence-electron chi connectivity index (χ0n) is 16.9. The van der Waals surface area contributed by atoms with E-state index in [9.17, 15) is 0 Å². The highest BCUT2D eigenvalue weighted by Gasteiger charge is 2.25. The number of fused-ring (bicyclic) bond motifs is 3. The van der Waals surface area contributed by atoms with Crippen molar-refractivity contribution in [3.63, 3.8) is 0 Å². The molecule has 144 valence electrons. The van der Waals surface area contributed by atoms with Gasteiger partial charge < -0.3 is 15.0 Å². The maximum absolute atomic E-state index is 6.25. The second-order valence-corrected chi connectivity index (χ2v) is 8.18. The number of ether oxygens (including phenoxy) is 1. The van der Waals surface area contributed by atoms with Gasteiger partial charge in [-0.25, -0.2) is 4.99 Å². The van der Waals surface area contributed by atoms with E-state index in [4.69, 9.17) is 9.73 Å². The van der Waals surface area contributed by atoms with Crippen LogP contribution in [0.15, 0.2) is 40.6 Å². The van der Waals surface area contributed by atoms with Crippen LogP contribution in [-0.4, -0.2) is 31.4 Å². The Bertz CT molecular complexity index is 804. The van der Waals surface area contributed by atoms with Crippen LogP contribution in [0.5, 0.6) is 5.75 Å². The molecule has 0 amide bonds. The number of allylic oxidation sites excluding steroid dienone is 3. The Kier molecular flexibility index (Phi) is 5.35. The largest absolute Gasteiger partial charge is 0.453 e. The highest BCUT2D eigenvalue weighted by atomic mass is 16.5. The lowest BCUT2D eigenvalue weighted by Gasteiger charge is -2.32. The molecule has 0 fully saturated rings. The first-order valence-electron chi connectivity index (χ1n) is 10.6. The highest BCUT2D eigenvalue weighted by Crippen LogP contribution is 2.42. The van der Waals surface area contributed by atoms with Gasteiger partial charge in [-0.2, -0.15) is 0 Å². The monoisotopic (exact) mass is 366 g/mol. The smallest absolute Gasteiger partial charge is 0.155 e. The zero-order chi connectivity index (χ0) is 18.8. The summed E-state index contributed by atoms with van der Waals surface area (Å²) in [6.45, 7) is 10.1. The van der Waals surface area contributed by atoms with Gasteiger partial charge in [-0.1, -0.05) is 5.57 Å². The molecule has 1 aromatic carbocycles. The molecule has 27 heavy (non-hydrogen) atoms. The molecule has 0 saturated heterocycles. The first-order valence-corrected chi connectivity index (χ1v) is 10.6. The summed E-state index contributed by atoms with van der Waals surface area (Å²) in [5.41, 5.74) is 6.20. The topological polar surface area (TPSA) is 41.4 Å². The molecule has 0 bridgehead atoms. The standard InChI is InChI=1S/C23H31N3O/c1-4-26-12-6-8-18-14-20-23(15-21(18)26)27-22-10-9-17(13-19(22)25-20)7-5-11-24-16(2)3/h10,13-16,24H,4-9,11-12H2,1-3H3/p+1. The van der Waals surface area contributed by atoms with E-state index in [-0.39, 0.29) is 0 Å². The summed E-state index contributed by atoms with van der Waals surface area (Å²) < 4.78 is 6.25. The van der Waals surface area contributed by atoms with Crippen LogP contribution in [0.3, 0.4) is 0 Å². The molecule has 0 atom stereocenters. The van der Waals surface area contributed by atoms with Crippen LogP contribution in [0.2, 0.25) is 0 Å². The molecule has 0 aromatic heterocycles. The molecular weight excluding hydrogens is 334 g/mol. The van der Waals surface area contributed by atoms with Crippen molar-refractivity contribution >= 4 is 17.1 Å². The van der Waals surface area contributed by atoms with Crippen LogP contribution >= 0.6 is 0 Å². The maximum Gasteiger partial charge on any atom is 0.155 e. The van der Waals surface area contributed by atoms with Crippen LogP contribution < -0.4 is 15.0 Å². The Morgan fingerprint density at radius 2 is 2.19 bits per heavy atom. The summed E-state index contributed by atoms with van der Waals surface area (Å²) in [5, 5.41) is 2.41. The summed E-state index contributed by atoms with van der Waals surface area (Å²) in [6.07, 6.45) is 10.2. The van der Waals surface area contributed by atoms with Crippen LogP contribution in [-0.2, 0) is 6.42 Å². The molecule has 3 aliphatic rings. The van der Waals surface area contributed by atoms with Crippen molar-refractivity contribution in [3.8, 4) is 5.75 Å². The van der Waals surface area contributed by atoms with Crippen molar-refractivity contribution in [2.75, 3.05) is 24.5 Å². The Morgan fingerprint density at radius 3 is 3.00 bits per heavy atom. The predicted molar refractivity (Wildman–Crippen MR) is 112 cm³/mol. The number of nitrogens with zero attached hydrogens (tertiary/aromatic N) is 2. The van der Waals surface area contributed by atoms with E-state index in [1.54, 1.807) is 0 Å². The minimum atomic E-state index is 0.680. The van der Waals surface area contributed by atoms with Gasteiger partial charge >= 0.3 is 0 Å². The molecule has 0 radical (unpaired) electrons. The SMILES string of the molecule is CCN1CCCc2cc3c(cc21)OC1=CCC(CCC[NH2+]C(C)C)=CC1=N3. The third-order valence-electron chi connectivity index (χ3n) is 5.70. The van der Waals surface area contributed by atoms with Gasteiger partial charge in [0.1, 0.15) is 17.2 Å². The molecule has 4 heteroatoms. The minimum Gasteiger partial charge on any atom is -0.453 e. The van der Waals surface area contributed by atoms with Crippen LogP contribution in [0.4, 0.5) is 11.4 Å². The average molecular weight is 367 g/mol. The molecular formula is C23H32N3O+. The number of hydrogen-bond acceptors (Lipinski definition) is 3. The van der Waals surface area contributed by atoms with Gasteiger partial charge in [0, 0.05) is 31.3 Å². The minimum absolute atomic E-state index is 0.680. The number of aliphatic imine (C=N–C) groups is 1. The number of quaternary nitrogens is 1. The summed E-state index contributed by atoms with van der Waals surface area (Å²) in [4.78, 5) is 7.40. The van der Waals surface area contributed by atoms with Crippen molar-refractivity contribution in [2.24, 2.45) is 4.99 Å². The van der Waals surface area contributed by atoms with Gasteiger partial charge in [-0.15, -0.1) is 0 Å². The first-order chi connectivity index (χ1) is 13.1. The van der Waals surface area contributed by atoms with Crippen molar-refractivity contribution in [1.82, 2.24) is 0 Å². The van der Waals surface area contributed by atoms with E-state index in [2.05, 4.69) is 55.3 Å². The number of aryl methyl sites for hydroxylation is 1. The molecule has 1 aliphatic carbocycles. The number of anilines is 1. The van der Waals surface area contributed by atoms with Gasteiger partial charge in [0.15, 0.2) is 5.75 Å². The molecule has 2 N–H and O–H groups in total. The van der Waals surface area contributed by atoms with Gasteiger partial charge in [0.25, 0.3) is 0 Å². The van der Waals surface area contributed by atoms with Crippen molar-refractivity contribution in [3.05, 3.63) is 41.2 Å². The van der Waals surface area contributed by atoms with Crippen LogP contribution in [0, 0.1) is 0 Å². The van der Waals surface area contributed by atoms with E-state index < -0.39 is 0 Å². The molecule has 0 unspecified atom stereocenters. The third-order valence-corrected chi connectivity index (χ3v) is 5.70. The number of benzene rings is 1. The van der Waals surface area contributed by atoms with Crippen molar-refractivity contribution in [1.29, 1.82) is 0 Å². The van der Waals surface area contributed by atoms with E-state index >= 15 is 0 Å². The molecule has 1 aromatic rings. The van der Waals surface area contributed by atoms with Gasteiger partial charge in [0.05, 0.1) is 12.6 Å². The summed E-state index contributed by atoms with van der Waals surface area (Å²) in [7, 11) is 0. The van der Waals surface area contributed by atoms with Crippen molar-refractivity contribution < 1.29 is 10.1 Å². The van der Waals surface area contributed by atoms with E-state index in [0.29, 0.717) is 6.04 Å². The first kappa shape index (κ1) is 18.3. The summed E-state index contributed by atoms with van der Waals surface area (Å²) >= 11 is 0. The van der Waals surface area contributed by atoms with Crippen molar-refractivity contribution in [2.45, 2.75) is 58.9 Å². The molecule has 0 spiro atoms. The molecule has 0 saturated carbocycles. The lowest BCUT2D eigenvalue weighted by atomic mass is 9.97. The highest BCUT2D eigenvalue weighted by molar-refractivity contribution is 6.11. The fourth-order valence-corrected chi connectivity index (χ4v) is 4.21. The van der Waals surface area contributed by atoms with E-state index in [1.165, 1.54) is 36.2 Å². The molecule has 4 rings (SSSR count). The van der Waals surface area contributed by atoms with E-state index in [1.807, 2.05) is 0 Å². The average Bonchev–Trinajstić information content (AvgIpc) is 2.67. The number of rotatable bonds is 6. The normalized spacial score (nSPS) is 18.1. The lowest BCUT2D eigenvalue weighted by Crippen LogP contribution is -2.88. The number of nitrogens with two attached hydrogens (primary N) is 1. The lowest BCUT2D eigenvalue weighted by molar-refractivity contribution is -0.683. The zero-order valence-corrected chi connectivity index (χ0v) is 16.9. The van der Waals surface area contributed by atoms with Gasteiger partial charge in [-0.05, 0) is 70.2 Å². The summed E-state index contributed by atoms with van der Waals surface area (Å²) in [5.74, 6) is 1.84. The maximum atomic E-state index is 6.25.